The second-order valence-electron chi connectivity index (χ2n) is 15.8. The first-order valence-corrected chi connectivity index (χ1v) is 21.4. The zero-order valence-electron chi connectivity index (χ0n) is 36.1. The molecule has 0 unspecified atom stereocenters. The summed E-state index contributed by atoms with van der Waals surface area (Å²) in [6.07, 6.45) is 3.66. The highest BCUT2D eigenvalue weighted by atomic mass is 16.5. The molecule has 0 amide bonds. The fourth-order valence-corrected chi connectivity index (χ4v) is 7.73. The molecule has 0 aliphatic heterocycles. The van der Waals surface area contributed by atoms with Crippen molar-refractivity contribution in [1.82, 2.24) is 0 Å². The number of anilines is 6. The number of benzene rings is 9. The summed E-state index contributed by atoms with van der Waals surface area (Å²) in [6, 6.07) is 75.9. The van der Waals surface area contributed by atoms with Crippen LogP contribution in [0.5, 0.6) is 23.0 Å². The minimum absolute atomic E-state index is 0.762. The Balaban J connectivity index is 0.946. The molecule has 0 atom stereocenters. The fourth-order valence-electron chi connectivity index (χ4n) is 7.73. The second kappa shape index (κ2) is 18.7. The third-order valence-electron chi connectivity index (χ3n) is 11.2. The fraction of sp³-hybridized carbons (Fsp3) is 0.0333. The standard InChI is InChI=1S/C60H48N2O2/c1-5-45-17-37-57(38-18-45)63-59-11-7-9-55(41-59)61(51-29-13-43(3)14-30-51)53-33-25-49(26-34-53)47-21-23-48(24-22-47)50-27-35-54(36-28-50)62(52-31-15-44(4)16-32-52)56-10-8-12-60(42-56)64-58-39-19-46(6-2)20-40-58/h5-42H,1-2H2,3-4H3. The Hall–Kier alpha value is -8.34. The van der Waals surface area contributed by atoms with Gasteiger partial charge in [-0.15, -0.1) is 0 Å². The lowest BCUT2D eigenvalue weighted by molar-refractivity contribution is 0.482. The molecule has 0 aliphatic rings. The number of nitrogens with zero attached hydrogens (tertiary/aromatic N) is 2. The lowest BCUT2D eigenvalue weighted by Gasteiger charge is -2.26. The average Bonchev–Trinajstić information content (AvgIpc) is 3.34. The molecule has 0 fully saturated rings. The van der Waals surface area contributed by atoms with Gasteiger partial charge in [-0.3, -0.25) is 0 Å². The van der Waals surface area contributed by atoms with E-state index in [0.29, 0.717) is 0 Å². The maximum atomic E-state index is 6.29. The average molecular weight is 829 g/mol. The van der Waals surface area contributed by atoms with Crippen LogP contribution < -0.4 is 19.3 Å². The molecule has 0 aromatic heterocycles. The lowest BCUT2D eigenvalue weighted by Crippen LogP contribution is -2.10. The van der Waals surface area contributed by atoms with Crippen molar-refractivity contribution in [2.24, 2.45) is 0 Å². The van der Waals surface area contributed by atoms with E-state index in [2.05, 4.69) is 182 Å². The lowest BCUT2D eigenvalue weighted by atomic mass is 9.99. The maximum absolute atomic E-state index is 6.29. The maximum Gasteiger partial charge on any atom is 0.129 e. The van der Waals surface area contributed by atoms with E-state index in [4.69, 9.17) is 9.47 Å². The molecular formula is C60H48N2O2. The second-order valence-corrected chi connectivity index (χ2v) is 15.8. The van der Waals surface area contributed by atoms with E-state index in [0.717, 1.165) is 90.5 Å². The Morgan fingerprint density at radius 1 is 0.312 bits per heavy atom. The molecule has 9 rings (SSSR count). The molecule has 4 nitrogen and oxygen atoms in total. The monoisotopic (exact) mass is 828 g/mol. The van der Waals surface area contributed by atoms with Crippen LogP contribution in [-0.4, -0.2) is 0 Å². The number of rotatable bonds is 14. The van der Waals surface area contributed by atoms with E-state index < -0.39 is 0 Å². The van der Waals surface area contributed by atoms with Gasteiger partial charge in [0.15, 0.2) is 0 Å². The molecule has 0 spiro atoms. The van der Waals surface area contributed by atoms with Gasteiger partial charge in [0.25, 0.3) is 0 Å². The van der Waals surface area contributed by atoms with Crippen LogP contribution in [0.3, 0.4) is 0 Å². The Bertz CT molecular complexity index is 2780. The summed E-state index contributed by atoms with van der Waals surface area (Å²) in [4.78, 5) is 4.52. The molecule has 9 aromatic rings. The van der Waals surface area contributed by atoms with Gasteiger partial charge in [0.2, 0.25) is 0 Å². The number of ether oxygens (including phenoxy) is 2. The summed E-state index contributed by atoms with van der Waals surface area (Å²) in [5.74, 6) is 3.08. The summed E-state index contributed by atoms with van der Waals surface area (Å²) < 4.78 is 12.6. The van der Waals surface area contributed by atoms with Crippen LogP contribution in [0.2, 0.25) is 0 Å². The molecule has 4 heteroatoms. The minimum atomic E-state index is 0.762. The first kappa shape index (κ1) is 41.0. The normalized spacial score (nSPS) is 10.8. The summed E-state index contributed by atoms with van der Waals surface area (Å²) in [5, 5.41) is 0. The van der Waals surface area contributed by atoms with Crippen molar-refractivity contribution in [3.8, 4) is 45.3 Å². The summed E-state index contributed by atoms with van der Waals surface area (Å²) >= 11 is 0. The largest absolute Gasteiger partial charge is 0.457 e. The van der Waals surface area contributed by atoms with Gasteiger partial charge in [-0.25, -0.2) is 0 Å². The van der Waals surface area contributed by atoms with Crippen molar-refractivity contribution in [1.29, 1.82) is 0 Å². The van der Waals surface area contributed by atoms with E-state index in [9.17, 15) is 0 Å². The number of hydrogen-bond acceptors (Lipinski definition) is 4. The SMILES string of the molecule is C=Cc1ccc(Oc2cccc(N(c3ccc(C)cc3)c3ccc(-c4ccc(-c5ccc(N(c6ccc(C)cc6)c6cccc(Oc7ccc(C=C)cc7)c6)cc5)cc4)cc3)c2)cc1. The van der Waals surface area contributed by atoms with Crippen molar-refractivity contribution >= 4 is 46.3 Å². The van der Waals surface area contributed by atoms with Gasteiger partial charge in [-0.1, -0.05) is 146 Å². The Kier molecular flexibility index (Phi) is 12.0. The van der Waals surface area contributed by atoms with Gasteiger partial charge < -0.3 is 19.3 Å². The number of hydrogen-bond donors (Lipinski definition) is 0. The summed E-state index contributed by atoms with van der Waals surface area (Å²) in [7, 11) is 0. The third-order valence-corrected chi connectivity index (χ3v) is 11.2. The highest BCUT2D eigenvalue weighted by Gasteiger charge is 2.16. The molecule has 0 aliphatic carbocycles. The summed E-state index contributed by atoms with van der Waals surface area (Å²) in [6.45, 7) is 11.9. The number of aryl methyl sites for hydroxylation is 2. The van der Waals surface area contributed by atoms with Crippen LogP contribution in [0.25, 0.3) is 34.4 Å². The van der Waals surface area contributed by atoms with Crippen LogP contribution in [0.15, 0.2) is 232 Å². The zero-order valence-corrected chi connectivity index (χ0v) is 36.1. The minimum Gasteiger partial charge on any atom is -0.457 e. The molecule has 0 N–H and O–H groups in total. The molecule has 0 saturated heterocycles. The highest BCUT2D eigenvalue weighted by Crippen LogP contribution is 2.40. The van der Waals surface area contributed by atoms with E-state index in [1.807, 2.05) is 84.9 Å². The molecular weight excluding hydrogens is 781 g/mol. The van der Waals surface area contributed by atoms with Crippen LogP contribution in [0.1, 0.15) is 22.3 Å². The van der Waals surface area contributed by atoms with E-state index in [-0.39, 0.29) is 0 Å². The van der Waals surface area contributed by atoms with E-state index >= 15 is 0 Å². The Morgan fingerprint density at radius 3 is 0.922 bits per heavy atom. The van der Waals surface area contributed by atoms with Crippen molar-refractivity contribution in [3.63, 3.8) is 0 Å². The van der Waals surface area contributed by atoms with Gasteiger partial charge in [-0.05, 0) is 144 Å². The molecule has 9 aromatic carbocycles. The van der Waals surface area contributed by atoms with Crippen LogP contribution >= 0.6 is 0 Å². The smallest absolute Gasteiger partial charge is 0.129 e. The van der Waals surface area contributed by atoms with Gasteiger partial charge in [0, 0.05) is 46.3 Å². The topological polar surface area (TPSA) is 24.9 Å². The van der Waals surface area contributed by atoms with E-state index in [1.54, 1.807) is 0 Å². The first-order valence-electron chi connectivity index (χ1n) is 21.4. The zero-order chi connectivity index (χ0) is 43.8. The Morgan fingerprint density at radius 2 is 0.609 bits per heavy atom. The predicted molar refractivity (Wildman–Crippen MR) is 269 cm³/mol. The molecule has 0 bridgehead atoms. The third kappa shape index (κ3) is 9.42. The van der Waals surface area contributed by atoms with Gasteiger partial charge in [-0.2, -0.15) is 0 Å². The Labute approximate surface area is 376 Å². The van der Waals surface area contributed by atoms with Gasteiger partial charge >= 0.3 is 0 Å². The summed E-state index contributed by atoms with van der Waals surface area (Å²) in [5.41, 5.74) is 15.3. The van der Waals surface area contributed by atoms with Crippen molar-refractivity contribution in [2.75, 3.05) is 9.80 Å². The van der Waals surface area contributed by atoms with Gasteiger partial charge in [0.05, 0.1) is 0 Å². The molecule has 310 valence electrons. The van der Waals surface area contributed by atoms with Gasteiger partial charge in [0.1, 0.15) is 23.0 Å². The van der Waals surface area contributed by atoms with Crippen molar-refractivity contribution in [3.05, 3.63) is 254 Å². The van der Waals surface area contributed by atoms with E-state index in [1.165, 1.54) is 11.1 Å². The van der Waals surface area contributed by atoms with Crippen molar-refractivity contribution < 1.29 is 9.47 Å². The van der Waals surface area contributed by atoms with Crippen LogP contribution in [0.4, 0.5) is 34.1 Å². The quantitative estimate of drug-likeness (QED) is 0.109. The highest BCUT2D eigenvalue weighted by molar-refractivity contribution is 5.81. The molecule has 0 saturated carbocycles. The van der Waals surface area contributed by atoms with Crippen LogP contribution in [-0.2, 0) is 0 Å². The predicted octanol–water partition coefficient (Wildman–Crippen LogP) is 17.4. The molecule has 0 radical (unpaired) electrons. The molecule has 0 heterocycles. The van der Waals surface area contributed by atoms with Crippen molar-refractivity contribution in [2.45, 2.75) is 13.8 Å². The van der Waals surface area contributed by atoms with Crippen LogP contribution in [0, 0.1) is 13.8 Å². The molecule has 64 heavy (non-hydrogen) atoms. The first-order chi connectivity index (χ1) is 31.4.